The van der Waals surface area contributed by atoms with Crippen molar-refractivity contribution in [3.8, 4) is 12.3 Å². The van der Waals surface area contributed by atoms with Gasteiger partial charge in [-0.25, -0.2) is 0 Å². The molecule has 0 radical (unpaired) electrons. The van der Waals surface area contributed by atoms with E-state index in [4.69, 9.17) is 6.42 Å². The second kappa shape index (κ2) is 4.15. The molecular weight excluding hydrogens is 140 g/mol. The van der Waals surface area contributed by atoms with Crippen molar-refractivity contribution in [1.82, 2.24) is 0 Å². The van der Waals surface area contributed by atoms with E-state index in [-0.39, 0.29) is 12.2 Å². The highest BCUT2D eigenvalue weighted by atomic mass is 16.3. The molecule has 2 heteroatoms. The first-order valence-electron chi connectivity index (χ1n) is 3.79. The predicted molar refractivity (Wildman–Crippen MR) is 44.0 cm³/mol. The minimum Gasteiger partial charge on any atom is -0.382 e. The molecular formula is C9H14O2. The largest absolute Gasteiger partial charge is 0.382 e. The van der Waals surface area contributed by atoms with Crippen molar-refractivity contribution in [1.29, 1.82) is 0 Å². The van der Waals surface area contributed by atoms with Crippen molar-refractivity contribution in [3.05, 3.63) is 0 Å². The van der Waals surface area contributed by atoms with Crippen LogP contribution in [0.2, 0.25) is 0 Å². The summed E-state index contributed by atoms with van der Waals surface area (Å²) in [6.45, 7) is 3.55. The summed E-state index contributed by atoms with van der Waals surface area (Å²) in [6, 6.07) is 0. The van der Waals surface area contributed by atoms with Gasteiger partial charge in [-0.05, 0) is 12.8 Å². The molecule has 0 rings (SSSR count). The molecule has 0 fully saturated rings. The van der Waals surface area contributed by atoms with Crippen LogP contribution in [0.25, 0.3) is 0 Å². The maximum Gasteiger partial charge on any atom is 0.176 e. The number of rotatable bonds is 4. The fraction of sp³-hybridized carbons (Fsp3) is 0.667. The van der Waals surface area contributed by atoms with E-state index < -0.39 is 5.60 Å². The molecule has 0 aliphatic heterocycles. The van der Waals surface area contributed by atoms with Crippen LogP contribution in [0.5, 0.6) is 0 Å². The average Bonchev–Trinajstić information content (AvgIpc) is 2.03. The van der Waals surface area contributed by atoms with Crippen LogP contribution in [0.1, 0.15) is 33.1 Å². The summed E-state index contributed by atoms with van der Waals surface area (Å²) in [7, 11) is 0. The zero-order chi connectivity index (χ0) is 8.91. The first-order valence-corrected chi connectivity index (χ1v) is 3.79. The summed E-state index contributed by atoms with van der Waals surface area (Å²) in [5, 5.41) is 9.58. The highest BCUT2D eigenvalue weighted by Crippen LogP contribution is 2.16. The highest BCUT2D eigenvalue weighted by molar-refractivity contribution is 5.88. The van der Waals surface area contributed by atoms with Crippen LogP contribution in [0.3, 0.4) is 0 Å². The lowest BCUT2D eigenvalue weighted by Crippen LogP contribution is -2.36. The molecule has 0 unspecified atom stereocenters. The number of carbonyl (C=O) groups excluding carboxylic acids is 1. The second-order valence-electron chi connectivity index (χ2n) is 2.54. The summed E-state index contributed by atoms with van der Waals surface area (Å²) in [5.41, 5.74) is -1.19. The number of carbonyl (C=O) groups is 1. The van der Waals surface area contributed by atoms with Crippen molar-refractivity contribution in [2.45, 2.75) is 38.7 Å². The maximum absolute atomic E-state index is 11.1. The van der Waals surface area contributed by atoms with E-state index in [2.05, 4.69) is 5.92 Å². The zero-order valence-corrected chi connectivity index (χ0v) is 7.05. The lowest BCUT2D eigenvalue weighted by Gasteiger charge is -2.21. The molecule has 11 heavy (non-hydrogen) atoms. The number of aliphatic hydroxyl groups is 1. The average molecular weight is 154 g/mol. The van der Waals surface area contributed by atoms with Gasteiger partial charge >= 0.3 is 0 Å². The Kier molecular flexibility index (Phi) is 3.84. The number of ketones is 1. The molecule has 0 aromatic carbocycles. The van der Waals surface area contributed by atoms with Crippen molar-refractivity contribution in [2.75, 3.05) is 0 Å². The molecule has 1 N–H and O–H groups in total. The highest BCUT2D eigenvalue weighted by Gasteiger charge is 2.30. The van der Waals surface area contributed by atoms with Crippen LogP contribution in [0.4, 0.5) is 0 Å². The molecule has 0 heterocycles. The minimum absolute atomic E-state index is 0.0260. The van der Waals surface area contributed by atoms with Gasteiger partial charge < -0.3 is 5.11 Å². The normalized spacial score (nSPS) is 10.7. The summed E-state index contributed by atoms with van der Waals surface area (Å²) < 4.78 is 0. The van der Waals surface area contributed by atoms with Crippen LogP contribution in [0.15, 0.2) is 0 Å². The number of terminal acetylenes is 1. The Hall–Kier alpha value is -0.810. The summed E-state index contributed by atoms with van der Waals surface area (Å²) in [6.07, 6.45) is 5.85. The fourth-order valence-corrected chi connectivity index (χ4v) is 0.902. The van der Waals surface area contributed by atoms with Gasteiger partial charge in [0.1, 0.15) is 5.60 Å². The van der Waals surface area contributed by atoms with Crippen LogP contribution >= 0.6 is 0 Å². The van der Waals surface area contributed by atoms with Crippen LogP contribution < -0.4 is 0 Å². The Morgan fingerprint density at radius 3 is 2.27 bits per heavy atom. The molecule has 0 bridgehead atoms. The third-order valence-electron chi connectivity index (χ3n) is 1.95. The number of hydrogen-bond donors (Lipinski definition) is 1. The Balaban J connectivity index is 4.27. The molecule has 2 nitrogen and oxygen atoms in total. The van der Waals surface area contributed by atoms with E-state index in [0.717, 1.165) is 0 Å². The first kappa shape index (κ1) is 10.2. The Labute approximate surface area is 67.6 Å². The molecule has 0 aliphatic rings. The van der Waals surface area contributed by atoms with Gasteiger partial charge in [0.05, 0.1) is 6.42 Å². The van der Waals surface area contributed by atoms with Gasteiger partial charge in [-0.3, -0.25) is 4.79 Å². The molecule has 0 aromatic rings. The van der Waals surface area contributed by atoms with E-state index in [1.807, 2.05) is 0 Å². The number of Topliss-reactive ketones (excluding diaryl/α,β-unsaturated/α-hetero) is 1. The van der Waals surface area contributed by atoms with Gasteiger partial charge in [0.15, 0.2) is 5.78 Å². The van der Waals surface area contributed by atoms with Crippen LogP contribution in [-0.2, 0) is 4.79 Å². The van der Waals surface area contributed by atoms with Crippen molar-refractivity contribution < 1.29 is 9.90 Å². The molecule has 0 atom stereocenters. The zero-order valence-electron chi connectivity index (χ0n) is 7.05. The summed E-state index contributed by atoms with van der Waals surface area (Å²) >= 11 is 0. The lowest BCUT2D eigenvalue weighted by atomic mass is 9.91. The predicted octanol–water partition coefficient (Wildman–Crippen LogP) is 1.13. The molecule has 0 aliphatic carbocycles. The maximum atomic E-state index is 11.1. The van der Waals surface area contributed by atoms with E-state index >= 15 is 0 Å². The van der Waals surface area contributed by atoms with Gasteiger partial charge in [-0.1, -0.05) is 19.8 Å². The van der Waals surface area contributed by atoms with Gasteiger partial charge in [-0.15, -0.1) is 6.42 Å². The van der Waals surface area contributed by atoms with Gasteiger partial charge in [0.25, 0.3) is 0 Å². The molecule has 0 amide bonds. The molecule has 62 valence electrons. The molecule has 0 saturated carbocycles. The third-order valence-corrected chi connectivity index (χ3v) is 1.95. The first-order chi connectivity index (χ1) is 5.10. The van der Waals surface area contributed by atoms with E-state index in [9.17, 15) is 9.90 Å². The lowest BCUT2D eigenvalue weighted by molar-refractivity contribution is -0.136. The standard InChI is InChI=1S/C9H14O2/c1-4-7-8(10)9(11,5-2)6-3/h1,11H,5-7H2,2-3H3. The summed E-state index contributed by atoms with van der Waals surface area (Å²) in [4.78, 5) is 11.1. The Bertz CT molecular complexity index is 172. The van der Waals surface area contributed by atoms with Gasteiger partial charge in [-0.2, -0.15) is 0 Å². The fourth-order valence-electron chi connectivity index (χ4n) is 0.902. The van der Waals surface area contributed by atoms with Crippen molar-refractivity contribution >= 4 is 5.78 Å². The monoisotopic (exact) mass is 154 g/mol. The summed E-state index contributed by atoms with van der Waals surface area (Å²) in [5.74, 6) is 1.99. The van der Waals surface area contributed by atoms with Gasteiger partial charge in [0, 0.05) is 0 Å². The van der Waals surface area contributed by atoms with Crippen molar-refractivity contribution in [2.24, 2.45) is 0 Å². The Morgan fingerprint density at radius 2 is 2.00 bits per heavy atom. The van der Waals surface area contributed by atoms with Crippen molar-refractivity contribution in [3.63, 3.8) is 0 Å². The van der Waals surface area contributed by atoms with E-state index in [1.54, 1.807) is 13.8 Å². The quantitative estimate of drug-likeness (QED) is 0.616. The number of hydrogen-bond acceptors (Lipinski definition) is 2. The SMILES string of the molecule is C#CCC(=O)C(O)(CC)CC. The minimum atomic E-state index is -1.19. The van der Waals surface area contributed by atoms with Gasteiger partial charge in [0.2, 0.25) is 0 Å². The Morgan fingerprint density at radius 1 is 1.55 bits per heavy atom. The topological polar surface area (TPSA) is 37.3 Å². The molecule has 0 aromatic heterocycles. The third kappa shape index (κ3) is 2.36. The van der Waals surface area contributed by atoms with Crippen LogP contribution in [0, 0.1) is 12.3 Å². The smallest absolute Gasteiger partial charge is 0.176 e. The van der Waals surface area contributed by atoms with E-state index in [0.29, 0.717) is 12.8 Å². The molecule has 0 spiro atoms. The molecule has 0 saturated heterocycles. The van der Waals surface area contributed by atoms with E-state index in [1.165, 1.54) is 0 Å². The second-order valence-corrected chi connectivity index (χ2v) is 2.54. The van der Waals surface area contributed by atoms with Crippen LogP contribution in [-0.4, -0.2) is 16.5 Å².